The number of nitrogens with zero attached hydrogens (tertiary/aromatic N) is 1. The van der Waals surface area contributed by atoms with Crippen LogP contribution in [0, 0.1) is 26.7 Å². The molecule has 0 unspecified atom stereocenters. The Morgan fingerprint density at radius 1 is 0.809 bits per heavy atom. The minimum Gasteiger partial charge on any atom is -0.405 e. The molecule has 47 heavy (non-hydrogen) atoms. The maximum absolute atomic E-state index is 4.61. The Morgan fingerprint density at radius 2 is 1.34 bits per heavy atom. The van der Waals surface area contributed by atoms with E-state index in [9.17, 15) is 0 Å². The molecule has 2 aromatic rings. The van der Waals surface area contributed by atoms with E-state index in [2.05, 4.69) is 141 Å². The van der Waals surface area contributed by atoms with Gasteiger partial charge >= 0.3 is 0 Å². The van der Waals surface area contributed by atoms with Gasteiger partial charge in [0.25, 0.3) is 0 Å². The average Bonchev–Trinajstić information content (AvgIpc) is 3.91. The second-order valence-corrected chi connectivity index (χ2v) is 12.7. The SMILES string of the molecule is C=C(CCCCCCC)c1ccc(CCCC)c(C)c1.C=C=C(N=C(C)C1CC1)C(=C)C.C=CN.CCCC.Cc1ccccc1C. The molecule has 0 saturated heterocycles. The molecule has 0 aromatic heterocycles. The molecule has 0 amide bonds. The summed E-state index contributed by atoms with van der Waals surface area (Å²) in [6.07, 6.45) is 18.1. The van der Waals surface area contributed by atoms with Crippen LogP contribution < -0.4 is 5.73 Å². The number of benzene rings is 2. The van der Waals surface area contributed by atoms with Gasteiger partial charge in [0, 0.05) is 5.71 Å². The van der Waals surface area contributed by atoms with Crippen molar-refractivity contribution in [3.05, 3.63) is 120 Å². The number of allylic oxidation sites excluding steroid dienone is 2. The molecule has 1 aliphatic carbocycles. The van der Waals surface area contributed by atoms with Crippen LogP contribution in [0.3, 0.4) is 0 Å². The number of hydrogen-bond acceptors (Lipinski definition) is 2. The predicted octanol–water partition coefficient (Wildman–Crippen LogP) is 14.0. The van der Waals surface area contributed by atoms with Gasteiger partial charge in [0.1, 0.15) is 5.70 Å². The van der Waals surface area contributed by atoms with E-state index < -0.39 is 0 Å². The Morgan fingerprint density at radius 3 is 1.74 bits per heavy atom. The summed E-state index contributed by atoms with van der Waals surface area (Å²) in [5.41, 5.74) is 18.7. The zero-order valence-electron chi connectivity index (χ0n) is 32.2. The molecule has 2 heteroatoms. The number of rotatable bonds is 14. The first kappa shape index (κ1) is 45.8. The molecule has 0 heterocycles. The summed E-state index contributed by atoms with van der Waals surface area (Å²) in [6.45, 7) is 34.2. The molecule has 0 spiro atoms. The zero-order chi connectivity index (χ0) is 36.0. The van der Waals surface area contributed by atoms with Crippen LogP contribution in [0.5, 0.6) is 0 Å². The molecule has 0 atom stereocenters. The van der Waals surface area contributed by atoms with E-state index in [4.69, 9.17) is 0 Å². The highest BCUT2D eigenvalue weighted by atomic mass is 14.8. The van der Waals surface area contributed by atoms with Crippen molar-refractivity contribution in [1.29, 1.82) is 0 Å². The minimum atomic E-state index is 0.715. The predicted molar refractivity (Wildman–Crippen MR) is 216 cm³/mol. The van der Waals surface area contributed by atoms with Gasteiger partial charge in [0.05, 0.1) is 0 Å². The van der Waals surface area contributed by atoms with Gasteiger partial charge in [-0.2, -0.15) is 0 Å². The molecule has 1 fully saturated rings. The van der Waals surface area contributed by atoms with Crippen molar-refractivity contribution < 1.29 is 0 Å². The van der Waals surface area contributed by atoms with Crippen LogP contribution in [-0.2, 0) is 6.42 Å². The van der Waals surface area contributed by atoms with Crippen molar-refractivity contribution in [2.24, 2.45) is 16.6 Å². The van der Waals surface area contributed by atoms with Crippen molar-refractivity contribution >= 4 is 11.3 Å². The summed E-state index contributed by atoms with van der Waals surface area (Å²) >= 11 is 0. The third-order valence-corrected chi connectivity index (χ3v) is 8.09. The number of hydrogen-bond donors (Lipinski definition) is 1. The molecular weight excluding hydrogens is 569 g/mol. The molecule has 0 aliphatic heterocycles. The lowest BCUT2D eigenvalue weighted by Crippen LogP contribution is -1.94. The van der Waals surface area contributed by atoms with Crippen LogP contribution in [-0.4, -0.2) is 5.71 Å². The van der Waals surface area contributed by atoms with Crippen molar-refractivity contribution in [2.45, 2.75) is 146 Å². The van der Waals surface area contributed by atoms with Crippen molar-refractivity contribution in [1.82, 2.24) is 0 Å². The lowest BCUT2D eigenvalue weighted by Gasteiger charge is -2.10. The van der Waals surface area contributed by atoms with E-state index in [0.717, 1.165) is 17.7 Å². The van der Waals surface area contributed by atoms with E-state index in [1.807, 2.05) is 6.92 Å². The third kappa shape index (κ3) is 24.5. The first-order valence-corrected chi connectivity index (χ1v) is 18.2. The normalized spacial score (nSPS) is 11.4. The lowest BCUT2D eigenvalue weighted by molar-refractivity contribution is 0.640. The van der Waals surface area contributed by atoms with Crippen LogP contribution in [0.15, 0.2) is 97.0 Å². The fourth-order valence-corrected chi connectivity index (χ4v) is 4.37. The Balaban J connectivity index is 0. The van der Waals surface area contributed by atoms with E-state index in [1.165, 1.54) is 122 Å². The first-order valence-electron chi connectivity index (χ1n) is 18.2. The summed E-state index contributed by atoms with van der Waals surface area (Å²) in [5, 5.41) is 0. The Labute approximate surface area is 292 Å². The smallest absolute Gasteiger partial charge is 0.107 e. The maximum atomic E-state index is 4.61. The van der Waals surface area contributed by atoms with E-state index in [-0.39, 0.29) is 0 Å². The fraction of sp³-hybridized carbons (Fsp3) is 0.511. The molecule has 1 saturated carbocycles. The molecule has 2 N–H and O–H groups in total. The molecular formula is C45H72N2. The van der Waals surface area contributed by atoms with Crippen LogP contribution in [0.25, 0.3) is 5.57 Å². The van der Waals surface area contributed by atoms with Crippen LogP contribution >= 0.6 is 0 Å². The lowest BCUT2D eigenvalue weighted by atomic mass is 9.95. The summed E-state index contributed by atoms with van der Waals surface area (Å²) in [7, 11) is 0. The molecule has 0 bridgehead atoms. The largest absolute Gasteiger partial charge is 0.405 e. The Hall–Kier alpha value is -3.35. The van der Waals surface area contributed by atoms with Crippen molar-refractivity contribution in [2.75, 3.05) is 0 Å². The summed E-state index contributed by atoms with van der Waals surface area (Å²) in [4.78, 5) is 4.42. The minimum absolute atomic E-state index is 0.715. The molecule has 262 valence electrons. The van der Waals surface area contributed by atoms with Crippen molar-refractivity contribution in [3.63, 3.8) is 0 Å². The number of unbranched alkanes of at least 4 members (excludes halogenated alkanes) is 6. The quantitative estimate of drug-likeness (QED) is 0.0948. The van der Waals surface area contributed by atoms with E-state index in [1.54, 1.807) is 0 Å². The Kier molecular flexibility index (Phi) is 29.2. The molecule has 3 rings (SSSR count). The third-order valence-electron chi connectivity index (χ3n) is 8.09. The van der Waals surface area contributed by atoms with Gasteiger partial charge in [0.2, 0.25) is 0 Å². The van der Waals surface area contributed by atoms with Gasteiger partial charge in [-0.3, -0.25) is 0 Å². The molecule has 0 radical (unpaired) electrons. The number of aryl methyl sites for hydroxylation is 4. The standard InChI is InChI=1S/C20H32.C11H15N.C8H10.C4H10.C2H5N/c1-5-7-9-10-11-12-17(3)20-15-14-19(13-8-6-2)18(4)16-20;1-5-11(8(2)3)12-9(4)10-6-7-10;1-7-5-3-4-6-8(7)2;1-3-4-2;1-2-3/h14-16H,3,5-13H2,1-2,4H3;10H,1-2,6-7H2,3-4H3;3-6H,1-2H3;3-4H2,1-2H3;2H,1,3H2. The van der Waals surface area contributed by atoms with E-state index in [0.29, 0.717) is 5.92 Å². The van der Waals surface area contributed by atoms with Gasteiger partial charge in [-0.05, 0) is 124 Å². The van der Waals surface area contributed by atoms with Gasteiger partial charge in [0.15, 0.2) is 0 Å². The zero-order valence-corrected chi connectivity index (χ0v) is 32.2. The summed E-state index contributed by atoms with van der Waals surface area (Å²) < 4.78 is 0. The highest BCUT2D eigenvalue weighted by Crippen LogP contribution is 2.31. The molecule has 1 aliphatic rings. The van der Waals surface area contributed by atoms with Gasteiger partial charge in [-0.15, -0.1) is 5.73 Å². The maximum Gasteiger partial charge on any atom is 0.107 e. The van der Waals surface area contributed by atoms with Crippen LogP contribution in [0.2, 0.25) is 0 Å². The summed E-state index contributed by atoms with van der Waals surface area (Å²) in [5.74, 6) is 0.715. The highest BCUT2D eigenvalue weighted by Gasteiger charge is 2.24. The fourth-order valence-electron chi connectivity index (χ4n) is 4.37. The van der Waals surface area contributed by atoms with E-state index >= 15 is 0 Å². The van der Waals surface area contributed by atoms with Gasteiger partial charge in [-0.25, -0.2) is 4.99 Å². The van der Waals surface area contributed by atoms with Crippen LogP contribution in [0.1, 0.15) is 146 Å². The van der Waals surface area contributed by atoms with Crippen molar-refractivity contribution in [3.8, 4) is 0 Å². The highest BCUT2D eigenvalue weighted by molar-refractivity contribution is 5.87. The number of aliphatic imine (C=N–C) groups is 1. The second-order valence-electron chi connectivity index (χ2n) is 12.7. The van der Waals surface area contributed by atoms with Gasteiger partial charge in [-0.1, -0.05) is 141 Å². The number of nitrogens with two attached hydrogens (primary N) is 1. The monoisotopic (exact) mass is 641 g/mol. The molecule has 2 aromatic carbocycles. The second kappa shape index (κ2) is 30.0. The topological polar surface area (TPSA) is 38.4 Å². The van der Waals surface area contributed by atoms with Crippen LogP contribution in [0.4, 0.5) is 0 Å². The average molecular weight is 641 g/mol. The van der Waals surface area contributed by atoms with Gasteiger partial charge < -0.3 is 5.73 Å². The first-order chi connectivity index (χ1) is 22.5. The Bertz CT molecular complexity index is 1200. The molecule has 2 nitrogen and oxygen atoms in total. The summed E-state index contributed by atoms with van der Waals surface area (Å²) in [6, 6.07) is 15.3.